The molecule has 0 fully saturated rings. The van der Waals surface area contributed by atoms with E-state index in [1.807, 2.05) is 0 Å². The average Bonchev–Trinajstić information content (AvgIpc) is 2.89. The molecule has 0 bridgehead atoms. The summed E-state index contributed by atoms with van der Waals surface area (Å²) < 4.78 is 13.6. The molecule has 0 aromatic heterocycles. The Morgan fingerprint density at radius 2 is 1.78 bits per heavy atom. The Balaban J connectivity index is 1.71. The molecule has 12 heteroatoms. The van der Waals surface area contributed by atoms with E-state index in [4.69, 9.17) is 5.73 Å². The number of Topliss-reactive ketones (excluding diaryl/α,β-unsaturated/α-hetero) is 2. The largest absolute Gasteiger partial charge is 0.508 e. The van der Waals surface area contributed by atoms with Gasteiger partial charge in [-0.2, -0.15) is 0 Å². The molecule has 0 spiro atoms. The van der Waals surface area contributed by atoms with E-state index >= 15 is 0 Å². The molecule has 2 aliphatic carbocycles. The Morgan fingerprint density at radius 3 is 2.39 bits per heavy atom. The highest BCUT2D eigenvalue weighted by atomic mass is 19.1. The number of nitrogens with zero attached hydrogens (tertiary/aromatic N) is 1. The highest BCUT2D eigenvalue weighted by molar-refractivity contribution is 6.25. The summed E-state index contributed by atoms with van der Waals surface area (Å²) in [5.74, 6) is -8.60. The van der Waals surface area contributed by atoms with Crippen LogP contribution in [0.2, 0.25) is 0 Å². The van der Waals surface area contributed by atoms with Crippen molar-refractivity contribution >= 4 is 39.8 Å². The van der Waals surface area contributed by atoms with Crippen LogP contribution in [0.4, 0.5) is 10.1 Å². The molecule has 212 valence electrons. The van der Waals surface area contributed by atoms with Crippen LogP contribution in [-0.2, 0) is 16.0 Å². The van der Waals surface area contributed by atoms with E-state index in [1.54, 1.807) is 6.92 Å². The predicted molar refractivity (Wildman–Crippen MR) is 144 cm³/mol. The second-order valence-corrected chi connectivity index (χ2v) is 10.4. The van der Waals surface area contributed by atoms with Crippen LogP contribution >= 0.6 is 0 Å². The first-order chi connectivity index (χ1) is 19.2. The number of nitrogens with one attached hydrogen (secondary N) is 1. The fourth-order valence-electron chi connectivity index (χ4n) is 6.01. The van der Waals surface area contributed by atoms with Gasteiger partial charge in [-0.05, 0) is 68.2 Å². The first kappa shape index (κ1) is 27.7. The van der Waals surface area contributed by atoms with Crippen LogP contribution in [0.5, 0.6) is 11.5 Å². The summed E-state index contributed by atoms with van der Waals surface area (Å²) in [5.41, 5.74) is 1.69. The molecule has 0 heterocycles. The molecule has 0 saturated carbocycles. The number of carbonyl (C=O) groups is 4. The lowest BCUT2D eigenvalue weighted by molar-refractivity contribution is -0.132. The summed E-state index contributed by atoms with van der Waals surface area (Å²) in [5, 5.41) is 47.6. The van der Waals surface area contributed by atoms with Crippen LogP contribution < -0.4 is 11.1 Å². The molecule has 2 aliphatic rings. The maximum atomic E-state index is 14.0. The molecule has 3 aromatic carbocycles. The van der Waals surface area contributed by atoms with Gasteiger partial charge in [0, 0.05) is 11.5 Å². The summed E-state index contributed by atoms with van der Waals surface area (Å²) in [4.78, 5) is 53.3. The van der Waals surface area contributed by atoms with Gasteiger partial charge in [0.15, 0.2) is 17.1 Å². The van der Waals surface area contributed by atoms with Crippen molar-refractivity contribution < 1.29 is 44.0 Å². The molecule has 5 rings (SSSR count). The van der Waals surface area contributed by atoms with E-state index in [1.165, 1.54) is 43.3 Å². The molecule has 2 amide bonds. The molecule has 3 atom stereocenters. The van der Waals surface area contributed by atoms with Gasteiger partial charge < -0.3 is 31.5 Å². The van der Waals surface area contributed by atoms with Crippen LogP contribution in [0.25, 0.3) is 10.8 Å². The lowest BCUT2D eigenvalue weighted by Gasteiger charge is -2.47. The van der Waals surface area contributed by atoms with Gasteiger partial charge in [0.2, 0.25) is 5.78 Å². The number of benzene rings is 3. The molecule has 0 saturated heterocycles. The number of ketones is 2. The second kappa shape index (κ2) is 9.39. The number of halogens is 1. The summed E-state index contributed by atoms with van der Waals surface area (Å²) in [6.45, 7) is 1.61. The normalized spacial score (nSPS) is 22.1. The molecule has 41 heavy (non-hydrogen) atoms. The lowest BCUT2D eigenvalue weighted by atomic mass is 9.61. The molecule has 0 radical (unpaired) electrons. The number of hydrogen-bond donors (Lipinski definition) is 6. The topological polar surface area (TPSA) is 190 Å². The number of anilines is 1. The number of phenolic OH excluding ortho intramolecular Hbond substituents is 2. The van der Waals surface area contributed by atoms with Crippen molar-refractivity contribution in [3.8, 4) is 11.5 Å². The molecule has 3 aromatic rings. The van der Waals surface area contributed by atoms with Crippen LogP contribution in [0.15, 0.2) is 47.7 Å². The lowest BCUT2D eigenvalue weighted by Crippen LogP contribution is -2.64. The number of fused-ring (bicyclic) bond motifs is 3. The Labute approximate surface area is 232 Å². The number of aliphatic hydroxyl groups excluding tert-OH is 1. The number of rotatable bonds is 4. The van der Waals surface area contributed by atoms with Gasteiger partial charge in [0.25, 0.3) is 11.8 Å². The van der Waals surface area contributed by atoms with Crippen molar-refractivity contribution in [2.75, 3.05) is 19.4 Å². The number of hydrogen-bond acceptors (Lipinski definition) is 9. The zero-order chi connectivity index (χ0) is 30.1. The Morgan fingerprint density at radius 1 is 1.10 bits per heavy atom. The minimum absolute atomic E-state index is 0.0337. The van der Waals surface area contributed by atoms with Crippen LogP contribution in [0.1, 0.15) is 31.8 Å². The summed E-state index contributed by atoms with van der Waals surface area (Å²) >= 11 is 0. The monoisotopic (exact) mass is 563 g/mol. The predicted octanol–water partition coefficient (Wildman–Crippen LogP) is 1.85. The molecule has 7 N–H and O–H groups in total. The molecule has 11 nitrogen and oxygen atoms in total. The number of aliphatic hydroxyl groups is 2. The SMILES string of the molecule is Cc1c2c(c(O)c3c(O)c(NC(=O)c4cccc(F)c4)ccc13)C(=O)[C@]1(O)C(O)=C(C(N)=O)C(=O)[C@@H](N(C)C)[C@@H]1C2. The minimum atomic E-state index is -2.80. The van der Waals surface area contributed by atoms with E-state index in [2.05, 4.69) is 5.32 Å². The van der Waals surface area contributed by atoms with Crippen molar-refractivity contribution in [1.82, 2.24) is 4.90 Å². The summed E-state index contributed by atoms with van der Waals surface area (Å²) in [6.07, 6.45) is -0.170. The zero-order valence-corrected chi connectivity index (χ0v) is 22.2. The number of likely N-dealkylation sites (N-methyl/N-ethyl adjacent to an activating group) is 1. The first-order valence-corrected chi connectivity index (χ1v) is 12.5. The minimum Gasteiger partial charge on any atom is -0.508 e. The number of aryl methyl sites for hydroxylation is 1. The van der Waals surface area contributed by atoms with Crippen molar-refractivity contribution in [1.29, 1.82) is 0 Å². The van der Waals surface area contributed by atoms with Crippen LogP contribution in [0, 0.1) is 18.7 Å². The molecular formula is C29H26FN3O8. The van der Waals surface area contributed by atoms with E-state index < -0.39 is 75.2 Å². The van der Waals surface area contributed by atoms with Crippen LogP contribution in [0.3, 0.4) is 0 Å². The number of carbonyl (C=O) groups excluding carboxylic acids is 4. The maximum Gasteiger partial charge on any atom is 0.255 e. The number of aromatic hydroxyl groups is 2. The van der Waals surface area contributed by atoms with Crippen LogP contribution in [-0.4, -0.2) is 74.4 Å². The van der Waals surface area contributed by atoms with Gasteiger partial charge in [0.1, 0.15) is 22.9 Å². The number of phenols is 2. The third kappa shape index (κ3) is 3.86. The van der Waals surface area contributed by atoms with E-state index in [0.717, 1.165) is 12.1 Å². The zero-order valence-electron chi connectivity index (χ0n) is 22.2. The van der Waals surface area contributed by atoms with Gasteiger partial charge in [-0.1, -0.05) is 12.1 Å². The Bertz CT molecular complexity index is 1750. The second-order valence-electron chi connectivity index (χ2n) is 10.4. The molecule has 0 unspecified atom stereocenters. The third-order valence-electron chi connectivity index (χ3n) is 7.98. The third-order valence-corrected chi connectivity index (χ3v) is 7.98. The van der Waals surface area contributed by atoms with Gasteiger partial charge in [-0.15, -0.1) is 0 Å². The average molecular weight is 564 g/mol. The molecule has 0 aliphatic heterocycles. The van der Waals surface area contributed by atoms with Crippen molar-refractivity contribution in [2.45, 2.75) is 25.0 Å². The molecular weight excluding hydrogens is 537 g/mol. The Hall–Kier alpha value is -4.81. The van der Waals surface area contributed by atoms with Gasteiger partial charge in [0.05, 0.1) is 22.7 Å². The summed E-state index contributed by atoms with van der Waals surface area (Å²) in [6, 6.07) is 6.50. The smallest absolute Gasteiger partial charge is 0.255 e. The fraction of sp³-hybridized carbons (Fsp3) is 0.241. The quantitative estimate of drug-likeness (QED) is 0.203. The maximum absolute atomic E-state index is 14.0. The highest BCUT2D eigenvalue weighted by Gasteiger charge is 2.62. The Kier molecular flexibility index (Phi) is 6.35. The van der Waals surface area contributed by atoms with E-state index in [9.17, 15) is 44.0 Å². The van der Waals surface area contributed by atoms with Gasteiger partial charge >= 0.3 is 0 Å². The number of amides is 2. The standard InChI is InChI=1S/C29H26FN3O8/c1-11-14-7-8-17(32-28(40)12-5-4-6-13(30)9-12)22(34)18(14)23(35)19-15(11)10-16-21(33(2)3)24(36)20(27(31)39)26(38)29(16,41)25(19)37/h4-9,16,21,34-35,38,41H,10H2,1-3H3,(H2,31,39)(H,32,40)/t16-,21-,29-/m0/s1. The number of primary amides is 1. The first-order valence-electron chi connectivity index (χ1n) is 12.5. The van der Waals surface area contributed by atoms with E-state index in [0.29, 0.717) is 10.9 Å². The number of nitrogens with two attached hydrogens (primary N) is 1. The van der Waals surface area contributed by atoms with Crippen molar-refractivity contribution in [3.05, 3.63) is 75.8 Å². The van der Waals surface area contributed by atoms with E-state index in [-0.39, 0.29) is 28.6 Å². The van der Waals surface area contributed by atoms with Gasteiger partial charge in [-0.3, -0.25) is 24.1 Å². The fourth-order valence-corrected chi connectivity index (χ4v) is 6.01. The van der Waals surface area contributed by atoms with Crippen molar-refractivity contribution in [2.24, 2.45) is 11.7 Å². The summed E-state index contributed by atoms with van der Waals surface area (Å²) in [7, 11) is 3.01. The van der Waals surface area contributed by atoms with Crippen molar-refractivity contribution in [3.63, 3.8) is 0 Å². The van der Waals surface area contributed by atoms with Gasteiger partial charge in [-0.25, -0.2) is 4.39 Å². The highest BCUT2D eigenvalue weighted by Crippen LogP contribution is 2.51.